The number of methoxy groups -OCH3 is 1. The first-order valence-corrected chi connectivity index (χ1v) is 6.37. The zero-order valence-electron chi connectivity index (χ0n) is 11.4. The Morgan fingerprint density at radius 3 is 2.52 bits per heavy atom. The van der Waals surface area contributed by atoms with Gasteiger partial charge < -0.3 is 15.4 Å². The lowest BCUT2D eigenvalue weighted by atomic mass is 10.3. The van der Waals surface area contributed by atoms with Crippen LogP contribution in [0, 0.1) is 11.6 Å². The van der Waals surface area contributed by atoms with Gasteiger partial charge in [-0.05, 0) is 6.07 Å². The molecule has 0 saturated carbocycles. The lowest BCUT2D eigenvalue weighted by molar-refractivity contribution is 0.178. The molecule has 0 bridgehead atoms. The van der Waals surface area contributed by atoms with Gasteiger partial charge in [-0.15, -0.1) is 0 Å². The summed E-state index contributed by atoms with van der Waals surface area (Å²) in [7, 11) is 3.20. The van der Waals surface area contributed by atoms with Gasteiger partial charge in [-0.25, -0.2) is 18.7 Å². The van der Waals surface area contributed by atoms with Crippen molar-refractivity contribution in [1.29, 1.82) is 0 Å². The highest BCUT2D eigenvalue weighted by Crippen LogP contribution is 2.29. The number of nitrogens with zero attached hydrogens (tertiary/aromatic N) is 2. The van der Waals surface area contributed by atoms with E-state index < -0.39 is 11.6 Å². The Kier molecular flexibility index (Phi) is 4.87. The van der Waals surface area contributed by atoms with E-state index in [-0.39, 0.29) is 17.3 Å². The minimum absolute atomic E-state index is 0.0535. The van der Waals surface area contributed by atoms with E-state index in [1.807, 2.05) is 0 Å². The summed E-state index contributed by atoms with van der Waals surface area (Å²) < 4.78 is 31.7. The minimum atomic E-state index is -0.807. The van der Waals surface area contributed by atoms with Crippen LogP contribution >= 0.6 is 11.6 Å². The number of nitrogens with one attached hydrogen (secondary N) is 2. The molecule has 1 heterocycles. The number of rotatable bonds is 5. The summed E-state index contributed by atoms with van der Waals surface area (Å²) in [5.74, 6) is -0.308. The van der Waals surface area contributed by atoms with Gasteiger partial charge in [0.1, 0.15) is 24.1 Å². The zero-order valence-corrected chi connectivity index (χ0v) is 12.1. The normalized spacial score (nSPS) is 10.5. The van der Waals surface area contributed by atoms with Gasteiger partial charge >= 0.3 is 0 Å². The molecular weight excluding hydrogens is 302 g/mol. The van der Waals surface area contributed by atoms with Crippen LogP contribution in [0.15, 0.2) is 18.2 Å². The monoisotopic (exact) mass is 314 g/mol. The first-order valence-electron chi connectivity index (χ1n) is 5.99. The molecule has 5 nitrogen and oxygen atoms in total. The van der Waals surface area contributed by atoms with Crippen LogP contribution in [0.5, 0.6) is 0 Å². The van der Waals surface area contributed by atoms with Crippen molar-refractivity contribution in [2.75, 3.05) is 24.8 Å². The molecular formula is C13H13ClF2N4O. The Morgan fingerprint density at radius 1 is 1.19 bits per heavy atom. The molecule has 112 valence electrons. The predicted octanol–water partition coefficient (Wildman–Crippen LogP) is 3.34. The number of hydrogen-bond acceptors (Lipinski definition) is 5. The molecule has 2 N–H and O–H groups in total. The molecule has 0 aliphatic carbocycles. The molecule has 0 amide bonds. The zero-order chi connectivity index (χ0) is 15.4. The first-order chi connectivity index (χ1) is 10.0. The Balaban J connectivity index is 2.37. The van der Waals surface area contributed by atoms with Crippen molar-refractivity contribution in [3.05, 3.63) is 40.7 Å². The largest absolute Gasteiger partial charge is 0.377 e. The van der Waals surface area contributed by atoms with E-state index in [2.05, 4.69) is 20.6 Å². The van der Waals surface area contributed by atoms with Crippen LogP contribution in [0.2, 0.25) is 5.02 Å². The third kappa shape index (κ3) is 3.77. The number of aromatic nitrogens is 2. The van der Waals surface area contributed by atoms with Gasteiger partial charge in [0.15, 0.2) is 11.6 Å². The molecule has 0 atom stereocenters. The topological polar surface area (TPSA) is 59.1 Å². The van der Waals surface area contributed by atoms with Gasteiger partial charge in [-0.3, -0.25) is 0 Å². The molecule has 2 aromatic rings. The van der Waals surface area contributed by atoms with Gasteiger partial charge in [0.25, 0.3) is 0 Å². The molecule has 0 spiro atoms. The SMILES string of the molecule is CNc1cc(Nc2c(F)cc(F)cc2Cl)nc(COC)n1. The smallest absolute Gasteiger partial charge is 0.158 e. The Hall–Kier alpha value is -1.99. The highest BCUT2D eigenvalue weighted by Gasteiger charge is 2.12. The molecule has 1 aromatic carbocycles. The second-order valence-corrected chi connectivity index (χ2v) is 4.51. The molecule has 21 heavy (non-hydrogen) atoms. The quantitative estimate of drug-likeness (QED) is 0.886. The van der Waals surface area contributed by atoms with Crippen LogP contribution in [0.25, 0.3) is 0 Å². The summed E-state index contributed by atoms with van der Waals surface area (Å²) >= 11 is 5.83. The first kappa shape index (κ1) is 15.4. The number of hydrogen-bond donors (Lipinski definition) is 2. The summed E-state index contributed by atoms with van der Waals surface area (Å²) in [6, 6.07) is 3.33. The predicted molar refractivity (Wildman–Crippen MR) is 76.9 cm³/mol. The van der Waals surface area contributed by atoms with Crippen molar-refractivity contribution in [2.45, 2.75) is 6.61 Å². The fourth-order valence-corrected chi connectivity index (χ4v) is 1.91. The molecule has 0 fully saturated rings. The summed E-state index contributed by atoms with van der Waals surface area (Å²) in [6.07, 6.45) is 0. The minimum Gasteiger partial charge on any atom is -0.377 e. The van der Waals surface area contributed by atoms with Crippen LogP contribution in [0.3, 0.4) is 0 Å². The van der Waals surface area contributed by atoms with Crippen molar-refractivity contribution >= 4 is 28.9 Å². The molecule has 0 saturated heterocycles. The van der Waals surface area contributed by atoms with Gasteiger partial charge in [0.2, 0.25) is 0 Å². The standard InChI is InChI=1S/C13H13ClF2N4O/c1-17-10-5-11(19-12(18-10)6-21-2)20-13-8(14)3-7(15)4-9(13)16/h3-5H,6H2,1-2H3,(H2,17,18,19,20). The van der Waals surface area contributed by atoms with Crippen LogP contribution in [0.1, 0.15) is 5.82 Å². The van der Waals surface area contributed by atoms with E-state index in [9.17, 15) is 8.78 Å². The van der Waals surface area contributed by atoms with Crippen LogP contribution < -0.4 is 10.6 Å². The van der Waals surface area contributed by atoms with Crippen molar-refractivity contribution in [3.8, 4) is 0 Å². The number of halogens is 3. The second kappa shape index (κ2) is 6.64. The van der Waals surface area contributed by atoms with Gasteiger partial charge in [0.05, 0.1) is 10.7 Å². The Morgan fingerprint density at radius 2 is 1.90 bits per heavy atom. The van der Waals surface area contributed by atoms with E-state index in [1.54, 1.807) is 13.1 Å². The fraction of sp³-hybridized carbons (Fsp3) is 0.231. The highest BCUT2D eigenvalue weighted by molar-refractivity contribution is 6.33. The van der Waals surface area contributed by atoms with E-state index in [4.69, 9.17) is 16.3 Å². The second-order valence-electron chi connectivity index (χ2n) is 4.11. The molecule has 0 radical (unpaired) electrons. The Bertz CT molecular complexity index is 631. The molecule has 0 aliphatic rings. The van der Waals surface area contributed by atoms with E-state index in [1.165, 1.54) is 7.11 Å². The van der Waals surface area contributed by atoms with Gasteiger partial charge in [-0.1, -0.05) is 11.6 Å². The third-order valence-corrected chi connectivity index (χ3v) is 2.86. The van der Waals surface area contributed by atoms with Crippen molar-refractivity contribution in [1.82, 2.24) is 9.97 Å². The Labute approximate surface area is 125 Å². The van der Waals surface area contributed by atoms with Crippen LogP contribution in [0.4, 0.5) is 26.1 Å². The summed E-state index contributed by atoms with van der Waals surface area (Å²) in [5.41, 5.74) is -0.0535. The van der Waals surface area contributed by atoms with Crippen molar-refractivity contribution < 1.29 is 13.5 Å². The van der Waals surface area contributed by atoms with Crippen LogP contribution in [-0.4, -0.2) is 24.1 Å². The summed E-state index contributed by atoms with van der Waals surface area (Å²) in [5, 5.41) is 5.50. The van der Waals surface area contributed by atoms with E-state index in [0.717, 1.165) is 12.1 Å². The maximum Gasteiger partial charge on any atom is 0.158 e. The average molecular weight is 315 g/mol. The summed E-state index contributed by atoms with van der Waals surface area (Å²) in [4.78, 5) is 8.33. The average Bonchev–Trinajstić information content (AvgIpc) is 2.43. The maximum absolute atomic E-state index is 13.8. The highest BCUT2D eigenvalue weighted by atomic mass is 35.5. The number of benzene rings is 1. The molecule has 1 aromatic heterocycles. The lowest BCUT2D eigenvalue weighted by Crippen LogP contribution is -2.05. The molecule has 2 rings (SSSR count). The van der Waals surface area contributed by atoms with Crippen LogP contribution in [-0.2, 0) is 11.3 Å². The van der Waals surface area contributed by atoms with Crippen molar-refractivity contribution in [2.24, 2.45) is 0 Å². The molecule has 0 unspecified atom stereocenters. The fourth-order valence-electron chi connectivity index (χ4n) is 1.67. The number of anilines is 3. The molecule has 8 heteroatoms. The van der Waals surface area contributed by atoms with E-state index in [0.29, 0.717) is 17.5 Å². The number of ether oxygens (including phenoxy) is 1. The maximum atomic E-state index is 13.8. The third-order valence-electron chi connectivity index (χ3n) is 2.56. The summed E-state index contributed by atoms with van der Waals surface area (Å²) in [6.45, 7) is 0.198. The van der Waals surface area contributed by atoms with Gasteiger partial charge in [0, 0.05) is 26.3 Å². The van der Waals surface area contributed by atoms with Gasteiger partial charge in [-0.2, -0.15) is 0 Å². The molecule has 0 aliphatic heterocycles. The van der Waals surface area contributed by atoms with Crippen molar-refractivity contribution in [3.63, 3.8) is 0 Å². The van der Waals surface area contributed by atoms with E-state index >= 15 is 0 Å². The lowest BCUT2D eigenvalue weighted by Gasteiger charge is -2.11.